The summed E-state index contributed by atoms with van der Waals surface area (Å²) in [5.41, 5.74) is 3.40. The molecule has 0 unspecified atom stereocenters. The van der Waals surface area contributed by atoms with Crippen molar-refractivity contribution < 1.29 is 9.15 Å². The van der Waals surface area contributed by atoms with Crippen LogP contribution in [0, 0.1) is 0 Å². The van der Waals surface area contributed by atoms with E-state index in [9.17, 15) is 0 Å². The molecule has 0 fully saturated rings. The summed E-state index contributed by atoms with van der Waals surface area (Å²) in [4.78, 5) is 21.8. The van der Waals surface area contributed by atoms with Gasteiger partial charge in [-0.1, -0.05) is 12.1 Å². The average Bonchev–Trinajstić information content (AvgIpc) is 3.33. The van der Waals surface area contributed by atoms with E-state index in [1.54, 1.807) is 37.2 Å². The Morgan fingerprint density at radius 2 is 1.72 bits per heavy atom. The van der Waals surface area contributed by atoms with Gasteiger partial charge >= 0.3 is 0 Å². The zero-order valence-electron chi connectivity index (χ0n) is 15.3. The van der Waals surface area contributed by atoms with Gasteiger partial charge in [-0.25, -0.2) is 9.97 Å². The van der Waals surface area contributed by atoms with Crippen LogP contribution in [-0.2, 0) is 6.61 Å². The second-order valence-corrected chi connectivity index (χ2v) is 6.31. The van der Waals surface area contributed by atoms with Gasteiger partial charge in [-0.05, 0) is 35.9 Å². The molecule has 5 aromatic rings. The Labute approximate surface area is 166 Å². The highest BCUT2D eigenvalue weighted by molar-refractivity contribution is 5.84. The van der Waals surface area contributed by atoms with E-state index in [4.69, 9.17) is 9.15 Å². The molecule has 0 bridgehead atoms. The molecule has 0 N–H and O–H groups in total. The van der Waals surface area contributed by atoms with Crippen LogP contribution in [0.1, 0.15) is 5.56 Å². The molecule has 0 spiro atoms. The third-order valence-corrected chi connectivity index (χ3v) is 4.39. The van der Waals surface area contributed by atoms with Crippen molar-refractivity contribution in [2.45, 2.75) is 6.61 Å². The van der Waals surface area contributed by atoms with Crippen molar-refractivity contribution in [1.29, 1.82) is 0 Å². The molecular formula is C22H15N5O2. The van der Waals surface area contributed by atoms with Gasteiger partial charge in [-0.15, -0.1) is 0 Å². The molecule has 0 atom stereocenters. The molecule has 29 heavy (non-hydrogen) atoms. The maximum atomic E-state index is 6.03. The van der Waals surface area contributed by atoms with Crippen molar-refractivity contribution >= 4 is 10.9 Å². The number of hydrogen-bond acceptors (Lipinski definition) is 7. The Kier molecular flexibility index (Phi) is 4.38. The van der Waals surface area contributed by atoms with Gasteiger partial charge in [0.05, 0.1) is 23.3 Å². The fourth-order valence-corrected chi connectivity index (χ4v) is 2.98. The van der Waals surface area contributed by atoms with E-state index >= 15 is 0 Å². The number of oxazole rings is 1. The van der Waals surface area contributed by atoms with E-state index in [1.165, 1.54) is 0 Å². The maximum Gasteiger partial charge on any atom is 0.225 e. The third kappa shape index (κ3) is 3.53. The van der Waals surface area contributed by atoms with Gasteiger partial charge in [0.15, 0.2) is 5.82 Å². The van der Waals surface area contributed by atoms with Crippen LogP contribution in [0.2, 0.25) is 0 Å². The van der Waals surface area contributed by atoms with Crippen molar-refractivity contribution in [2.75, 3.05) is 0 Å². The predicted molar refractivity (Wildman–Crippen MR) is 107 cm³/mol. The van der Waals surface area contributed by atoms with Crippen molar-refractivity contribution in [3.8, 4) is 28.7 Å². The van der Waals surface area contributed by atoms with Gasteiger partial charge in [-0.3, -0.25) is 9.97 Å². The van der Waals surface area contributed by atoms with Crippen LogP contribution in [0.3, 0.4) is 0 Å². The molecule has 140 valence electrons. The highest BCUT2D eigenvalue weighted by atomic mass is 16.5. The summed E-state index contributed by atoms with van der Waals surface area (Å²) in [6, 6.07) is 13.4. The van der Waals surface area contributed by atoms with Crippen LogP contribution in [0.4, 0.5) is 0 Å². The molecule has 5 rings (SSSR count). The second kappa shape index (κ2) is 7.47. The summed E-state index contributed by atoms with van der Waals surface area (Å²) in [7, 11) is 0. The SMILES string of the molecule is c1cc(-c2nc(OCc3ccncc3)c3ccncc3n2)cc(-c2ncco2)c1. The molecule has 4 aromatic heterocycles. The van der Waals surface area contributed by atoms with Gasteiger partial charge < -0.3 is 9.15 Å². The minimum absolute atomic E-state index is 0.382. The minimum Gasteiger partial charge on any atom is -0.472 e. The highest BCUT2D eigenvalue weighted by Gasteiger charge is 2.12. The first-order chi connectivity index (χ1) is 14.4. The Balaban J connectivity index is 1.55. The van der Waals surface area contributed by atoms with E-state index in [1.807, 2.05) is 42.5 Å². The normalized spacial score (nSPS) is 10.9. The molecule has 0 saturated heterocycles. The molecule has 4 heterocycles. The minimum atomic E-state index is 0.382. The smallest absolute Gasteiger partial charge is 0.225 e. The number of nitrogens with zero attached hydrogens (tertiary/aromatic N) is 5. The predicted octanol–water partition coefficient (Wildman–Crippen LogP) is 4.32. The van der Waals surface area contributed by atoms with E-state index in [0.29, 0.717) is 29.7 Å². The van der Waals surface area contributed by atoms with Crippen LogP contribution in [0.15, 0.2) is 84.1 Å². The lowest BCUT2D eigenvalue weighted by molar-refractivity contribution is 0.298. The lowest BCUT2D eigenvalue weighted by atomic mass is 10.1. The van der Waals surface area contributed by atoms with Gasteiger partial charge in [0, 0.05) is 29.7 Å². The molecule has 1 aromatic carbocycles. The molecule has 7 heteroatoms. The van der Waals surface area contributed by atoms with E-state index in [2.05, 4.69) is 24.9 Å². The van der Waals surface area contributed by atoms with Crippen LogP contribution >= 0.6 is 0 Å². The van der Waals surface area contributed by atoms with E-state index in [-0.39, 0.29) is 0 Å². The topological polar surface area (TPSA) is 86.8 Å². The Hall–Kier alpha value is -4.13. The van der Waals surface area contributed by atoms with Crippen LogP contribution in [0.5, 0.6) is 5.88 Å². The van der Waals surface area contributed by atoms with Crippen LogP contribution < -0.4 is 4.74 Å². The molecule has 0 saturated carbocycles. The van der Waals surface area contributed by atoms with Crippen LogP contribution in [-0.4, -0.2) is 24.9 Å². The summed E-state index contributed by atoms with van der Waals surface area (Å²) in [6.45, 7) is 0.382. The number of hydrogen-bond donors (Lipinski definition) is 0. The number of aromatic nitrogens is 5. The Morgan fingerprint density at radius 1 is 0.862 bits per heavy atom. The van der Waals surface area contributed by atoms with Gasteiger partial charge in [0.2, 0.25) is 11.8 Å². The molecule has 0 amide bonds. The van der Waals surface area contributed by atoms with Crippen molar-refractivity contribution in [1.82, 2.24) is 24.9 Å². The van der Waals surface area contributed by atoms with Crippen molar-refractivity contribution in [3.63, 3.8) is 0 Å². The monoisotopic (exact) mass is 381 g/mol. The van der Waals surface area contributed by atoms with Gasteiger partial charge in [0.1, 0.15) is 12.9 Å². The first-order valence-corrected chi connectivity index (χ1v) is 9.00. The summed E-state index contributed by atoms with van der Waals surface area (Å²) in [5.74, 6) is 1.60. The Morgan fingerprint density at radius 3 is 2.59 bits per heavy atom. The lowest BCUT2D eigenvalue weighted by Gasteiger charge is -2.10. The largest absolute Gasteiger partial charge is 0.472 e. The number of benzene rings is 1. The average molecular weight is 381 g/mol. The Bertz CT molecular complexity index is 1260. The zero-order chi connectivity index (χ0) is 19.5. The summed E-state index contributed by atoms with van der Waals surface area (Å²) >= 11 is 0. The fraction of sp³-hybridized carbons (Fsp3) is 0.0455. The van der Waals surface area contributed by atoms with E-state index in [0.717, 1.165) is 22.1 Å². The second-order valence-electron chi connectivity index (χ2n) is 6.31. The van der Waals surface area contributed by atoms with Crippen molar-refractivity contribution in [3.05, 3.63) is 85.3 Å². The third-order valence-electron chi connectivity index (χ3n) is 4.39. The molecule has 0 aliphatic carbocycles. The summed E-state index contributed by atoms with van der Waals surface area (Å²) in [6.07, 6.45) is 10.0. The standard InChI is InChI=1S/C22H15N5O2/c1-2-16(12-17(3-1)21-25-10-11-28-21)20-26-19-13-24-9-6-18(19)22(27-20)29-14-15-4-7-23-8-5-15/h1-13H,14H2. The molecule has 0 radical (unpaired) electrons. The highest BCUT2D eigenvalue weighted by Crippen LogP contribution is 2.28. The summed E-state index contributed by atoms with van der Waals surface area (Å²) in [5, 5.41) is 0.807. The van der Waals surface area contributed by atoms with E-state index < -0.39 is 0 Å². The van der Waals surface area contributed by atoms with Crippen LogP contribution in [0.25, 0.3) is 33.7 Å². The van der Waals surface area contributed by atoms with Crippen molar-refractivity contribution in [2.24, 2.45) is 0 Å². The number of pyridine rings is 2. The molecule has 0 aliphatic heterocycles. The molecular weight excluding hydrogens is 366 g/mol. The lowest BCUT2D eigenvalue weighted by Crippen LogP contribution is -2.01. The zero-order valence-corrected chi connectivity index (χ0v) is 15.3. The molecule has 7 nitrogen and oxygen atoms in total. The van der Waals surface area contributed by atoms with Gasteiger partial charge in [-0.2, -0.15) is 4.98 Å². The summed E-state index contributed by atoms with van der Waals surface area (Å²) < 4.78 is 11.4. The maximum absolute atomic E-state index is 6.03. The first kappa shape index (κ1) is 17.0. The van der Waals surface area contributed by atoms with Gasteiger partial charge in [0.25, 0.3) is 0 Å². The quantitative estimate of drug-likeness (QED) is 0.448. The first-order valence-electron chi connectivity index (χ1n) is 9.00. The number of fused-ring (bicyclic) bond motifs is 1. The molecule has 0 aliphatic rings. The number of ether oxygens (including phenoxy) is 1. The number of rotatable bonds is 5. The fourth-order valence-electron chi connectivity index (χ4n) is 2.98.